The van der Waals surface area contributed by atoms with Crippen LogP contribution in [0.3, 0.4) is 0 Å². The molecule has 1 aliphatic rings. The molecule has 0 saturated carbocycles. The highest BCUT2D eigenvalue weighted by molar-refractivity contribution is 6.46. The summed E-state index contributed by atoms with van der Waals surface area (Å²) in [6.07, 6.45) is 0. The van der Waals surface area contributed by atoms with Gasteiger partial charge in [0.25, 0.3) is 11.8 Å². The Hall–Kier alpha value is -3.96. The summed E-state index contributed by atoms with van der Waals surface area (Å²) in [4.78, 5) is 28.4. The Labute approximate surface area is 194 Å². The summed E-state index contributed by atoms with van der Waals surface area (Å²) in [5.74, 6) is -1.43. The van der Waals surface area contributed by atoms with Gasteiger partial charge in [0, 0.05) is 16.1 Å². The van der Waals surface area contributed by atoms with Crippen molar-refractivity contribution in [2.45, 2.75) is 6.92 Å². The van der Waals surface area contributed by atoms with E-state index in [-0.39, 0.29) is 11.3 Å². The first-order valence-electron chi connectivity index (χ1n) is 10.3. The van der Waals surface area contributed by atoms with Crippen molar-refractivity contribution in [1.82, 2.24) is 0 Å². The van der Waals surface area contributed by atoms with Crippen LogP contribution in [-0.4, -0.2) is 11.8 Å². The second-order valence-corrected chi connectivity index (χ2v) is 8.15. The van der Waals surface area contributed by atoms with Crippen molar-refractivity contribution in [2.75, 3.05) is 10.2 Å². The van der Waals surface area contributed by atoms with Crippen LogP contribution < -0.4 is 10.2 Å². The van der Waals surface area contributed by atoms with Crippen molar-refractivity contribution in [3.8, 4) is 0 Å². The first-order chi connectivity index (χ1) is 16.0. The zero-order valence-corrected chi connectivity index (χ0v) is 18.4. The molecule has 0 aromatic heterocycles. The number of rotatable bonds is 4. The minimum atomic E-state index is -0.502. The number of hydrogen-bond donors (Lipinski definition) is 1. The van der Waals surface area contributed by atoms with Crippen LogP contribution in [0.1, 0.15) is 11.1 Å². The van der Waals surface area contributed by atoms with Crippen LogP contribution in [0.15, 0.2) is 90.6 Å². The first kappa shape index (κ1) is 20.9. The van der Waals surface area contributed by atoms with Crippen molar-refractivity contribution < 1.29 is 14.0 Å². The normalized spacial score (nSPS) is 13.8. The summed E-state index contributed by atoms with van der Waals surface area (Å²) in [5, 5.41) is 5.55. The van der Waals surface area contributed by atoms with Crippen molar-refractivity contribution in [3.05, 3.63) is 113 Å². The number of amides is 2. The summed E-state index contributed by atoms with van der Waals surface area (Å²) in [5.41, 5.74) is 2.46. The second kappa shape index (κ2) is 8.19. The number of fused-ring (bicyclic) bond motifs is 1. The summed E-state index contributed by atoms with van der Waals surface area (Å²) >= 11 is 6.27. The molecule has 4 aromatic rings. The Bertz CT molecular complexity index is 1460. The average Bonchev–Trinajstić information content (AvgIpc) is 3.06. The molecule has 4 nitrogen and oxygen atoms in total. The standard InChI is InChI=1S/C27H18ClFN2O2/c1-16-21(28)9-5-11-23(16)31-26(32)24(18-12-14-19(29)15-13-18)25(27(31)33)30-22-10-4-7-17-6-2-3-8-20(17)22/h2-15,30H,1H3. The number of benzene rings is 4. The smallest absolute Gasteiger partial charge is 0.282 e. The van der Waals surface area contributed by atoms with Crippen molar-refractivity contribution >= 4 is 51.1 Å². The van der Waals surface area contributed by atoms with Gasteiger partial charge in [0.15, 0.2) is 0 Å². The lowest BCUT2D eigenvalue weighted by molar-refractivity contribution is -0.120. The fraction of sp³-hybridized carbons (Fsp3) is 0.0370. The van der Waals surface area contributed by atoms with Crippen molar-refractivity contribution in [1.29, 1.82) is 0 Å². The molecule has 0 fully saturated rings. The number of halogens is 2. The molecule has 0 saturated heterocycles. The van der Waals surface area contributed by atoms with E-state index in [1.54, 1.807) is 25.1 Å². The highest BCUT2D eigenvalue weighted by Crippen LogP contribution is 2.37. The number of nitrogens with one attached hydrogen (secondary N) is 1. The van der Waals surface area contributed by atoms with E-state index < -0.39 is 17.6 Å². The summed E-state index contributed by atoms with van der Waals surface area (Å²) in [7, 11) is 0. The third-order valence-electron chi connectivity index (χ3n) is 5.75. The first-order valence-corrected chi connectivity index (χ1v) is 10.7. The lowest BCUT2D eigenvalue weighted by atomic mass is 10.0. The van der Waals surface area contributed by atoms with Crippen LogP contribution in [0.25, 0.3) is 16.3 Å². The zero-order chi connectivity index (χ0) is 23.1. The maximum atomic E-state index is 13.6. The van der Waals surface area contributed by atoms with Crippen molar-refractivity contribution in [3.63, 3.8) is 0 Å². The van der Waals surface area contributed by atoms with Gasteiger partial charge in [-0.05, 0) is 53.8 Å². The van der Waals surface area contributed by atoms with Gasteiger partial charge >= 0.3 is 0 Å². The number of nitrogens with zero attached hydrogens (tertiary/aromatic N) is 1. The van der Waals surface area contributed by atoms with Gasteiger partial charge in [-0.2, -0.15) is 0 Å². The van der Waals surface area contributed by atoms with E-state index in [2.05, 4.69) is 5.32 Å². The fourth-order valence-corrected chi connectivity index (χ4v) is 4.23. The van der Waals surface area contributed by atoms with Crippen LogP contribution in [0.5, 0.6) is 0 Å². The molecule has 0 radical (unpaired) electrons. The molecule has 4 aromatic carbocycles. The minimum Gasteiger partial charge on any atom is -0.350 e. The predicted molar refractivity (Wildman–Crippen MR) is 130 cm³/mol. The van der Waals surface area contributed by atoms with E-state index in [0.717, 1.165) is 15.7 Å². The van der Waals surface area contributed by atoms with Crippen LogP contribution in [0.4, 0.5) is 15.8 Å². The minimum absolute atomic E-state index is 0.127. The summed E-state index contributed by atoms with van der Waals surface area (Å²) < 4.78 is 13.6. The van der Waals surface area contributed by atoms with Gasteiger partial charge < -0.3 is 5.32 Å². The molecule has 0 atom stereocenters. The maximum Gasteiger partial charge on any atom is 0.282 e. The van der Waals surface area contributed by atoms with E-state index in [4.69, 9.17) is 11.6 Å². The topological polar surface area (TPSA) is 49.4 Å². The molecule has 1 heterocycles. The van der Waals surface area contributed by atoms with E-state index in [9.17, 15) is 14.0 Å². The Morgan fingerprint density at radius 1 is 0.818 bits per heavy atom. The Kier molecular flexibility index (Phi) is 5.19. The molecule has 1 N–H and O–H groups in total. The van der Waals surface area contributed by atoms with Gasteiger partial charge in [-0.15, -0.1) is 0 Å². The van der Waals surface area contributed by atoms with Gasteiger partial charge in [-0.3, -0.25) is 9.59 Å². The van der Waals surface area contributed by atoms with Gasteiger partial charge in [0.05, 0.1) is 11.3 Å². The van der Waals surface area contributed by atoms with E-state index in [1.165, 1.54) is 24.3 Å². The summed E-state index contributed by atoms with van der Waals surface area (Å²) in [6.45, 7) is 1.76. The molecule has 6 heteroatoms. The van der Waals surface area contributed by atoms with Crippen LogP contribution in [-0.2, 0) is 9.59 Å². The molecule has 33 heavy (non-hydrogen) atoms. The molecule has 162 valence electrons. The highest BCUT2D eigenvalue weighted by Gasteiger charge is 2.41. The number of carbonyl (C=O) groups excluding carboxylic acids is 2. The Balaban J connectivity index is 1.68. The lowest BCUT2D eigenvalue weighted by Crippen LogP contribution is -2.33. The largest absolute Gasteiger partial charge is 0.350 e. The third-order valence-corrected chi connectivity index (χ3v) is 6.16. The lowest BCUT2D eigenvalue weighted by Gasteiger charge is -2.18. The Morgan fingerprint density at radius 3 is 2.30 bits per heavy atom. The van der Waals surface area contributed by atoms with Crippen molar-refractivity contribution in [2.24, 2.45) is 0 Å². The highest BCUT2D eigenvalue weighted by atomic mass is 35.5. The van der Waals surface area contributed by atoms with Crippen LogP contribution in [0.2, 0.25) is 5.02 Å². The SMILES string of the molecule is Cc1c(Cl)cccc1N1C(=O)C(Nc2cccc3ccccc23)=C(c2ccc(F)cc2)C1=O. The van der Waals surface area contributed by atoms with Crippen LogP contribution in [0, 0.1) is 12.7 Å². The predicted octanol–water partition coefficient (Wildman–Crippen LogP) is 6.34. The van der Waals surface area contributed by atoms with Gasteiger partial charge in [-0.25, -0.2) is 9.29 Å². The summed E-state index contributed by atoms with van der Waals surface area (Å²) in [6, 6.07) is 24.1. The molecule has 0 spiro atoms. The van der Waals surface area contributed by atoms with E-state index >= 15 is 0 Å². The quantitative estimate of drug-likeness (QED) is 0.365. The molecule has 5 rings (SSSR count). The van der Waals surface area contributed by atoms with E-state index in [0.29, 0.717) is 27.5 Å². The molecular weight excluding hydrogens is 439 g/mol. The average molecular weight is 457 g/mol. The molecule has 2 amide bonds. The molecular formula is C27H18ClFN2O2. The van der Waals surface area contributed by atoms with Gasteiger partial charge in [0.1, 0.15) is 11.5 Å². The second-order valence-electron chi connectivity index (χ2n) is 7.74. The number of imide groups is 1. The van der Waals surface area contributed by atoms with Crippen LogP contribution >= 0.6 is 11.6 Å². The monoisotopic (exact) mass is 456 g/mol. The Morgan fingerprint density at radius 2 is 1.52 bits per heavy atom. The third kappa shape index (κ3) is 3.56. The van der Waals surface area contributed by atoms with Gasteiger partial charge in [0.2, 0.25) is 0 Å². The molecule has 0 bridgehead atoms. The van der Waals surface area contributed by atoms with Gasteiger partial charge in [-0.1, -0.05) is 66.2 Å². The van der Waals surface area contributed by atoms with E-state index in [1.807, 2.05) is 42.5 Å². The molecule has 1 aliphatic heterocycles. The zero-order valence-electron chi connectivity index (χ0n) is 17.6. The fourth-order valence-electron chi connectivity index (χ4n) is 4.06. The number of hydrogen-bond acceptors (Lipinski definition) is 3. The maximum absolute atomic E-state index is 13.6. The molecule has 0 unspecified atom stereocenters. The number of anilines is 2. The number of carbonyl (C=O) groups is 2. The molecule has 0 aliphatic carbocycles.